The van der Waals surface area contributed by atoms with Crippen LogP contribution >= 0.6 is 22.9 Å². The Kier molecular flexibility index (Phi) is 3.86. The van der Waals surface area contributed by atoms with E-state index in [1.165, 1.54) is 31.9 Å². The molecule has 1 aromatic heterocycles. The summed E-state index contributed by atoms with van der Waals surface area (Å²) in [4.78, 5) is 3.84. The van der Waals surface area contributed by atoms with Crippen molar-refractivity contribution in [3.8, 4) is 0 Å². The van der Waals surface area contributed by atoms with Crippen molar-refractivity contribution in [1.29, 1.82) is 0 Å². The first-order valence-corrected chi connectivity index (χ1v) is 9.32. The molecule has 2 heterocycles. The topological polar surface area (TPSA) is 50.3 Å². The maximum absolute atomic E-state index is 12.5. The fourth-order valence-electron chi connectivity index (χ4n) is 3.27. The number of rotatable bonds is 2. The van der Waals surface area contributed by atoms with Crippen molar-refractivity contribution >= 4 is 33.0 Å². The quantitative estimate of drug-likeness (QED) is 0.841. The lowest BCUT2D eigenvalue weighted by Gasteiger charge is -2.40. The van der Waals surface area contributed by atoms with Gasteiger partial charge in [0.05, 0.1) is 6.20 Å². The monoisotopic (exact) mass is 320 g/mol. The molecule has 2 atom stereocenters. The number of fused-ring (bicyclic) bond motifs is 1. The van der Waals surface area contributed by atoms with Gasteiger partial charge < -0.3 is 0 Å². The lowest BCUT2D eigenvalue weighted by molar-refractivity contribution is 0.136. The van der Waals surface area contributed by atoms with Gasteiger partial charge in [0.1, 0.15) is 0 Å². The van der Waals surface area contributed by atoms with Crippen molar-refractivity contribution in [3.63, 3.8) is 0 Å². The van der Waals surface area contributed by atoms with Crippen LogP contribution in [0.15, 0.2) is 10.4 Å². The Bertz CT molecular complexity index is 558. The third kappa shape index (κ3) is 2.68. The van der Waals surface area contributed by atoms with Crippen LogP contribution in [-0.2, 0) is 10.0 Å². The molecule has 2 fully saturated rings. The Labute approximate surface area is 122 Å². The van der Waals surface area contributed by atoms with Crippen LogP contribution in [0.5, 0.6) is 0 Å². The van der Waals surface area contributed by atoms with Gasteiger partial charge in [-0.25, -0.2) is 13.4 Å². The van der Waals surface area contributed by atoms with Crippen molar-refractivity contribution < 1.29 is 8.42 Å². The van der Waals surface area contributed by atoms with E-state index in [9.17, 15) is 8.42 Å². The molecular weight excluding hydrogens is 304 g/mol. The summed E-state index contributed by atoms with van der Waals surface area (Å²) in [6.07, 6.45) is 7.34. The SMILES string of the molecule is O=S(=O)(c1cnc(Cl)s1)N1CCC2CCCCC2C1. The summed E-state index contributed by atoms with van der Waals surface area (Å²) in [5.74, 6) is 1.27. The number of nitrogens with zero attached hydrogens (tertiary/aromatic N) is 2. The van der Waals surface area contributed by atoms with Crippen LogP contribution in [0.3, 0.4) is 0 Å². The van der Waals surface area contributed by atoms with Crippen LogP contribution in [0.1, 0.15) is 32.1 Å². The minimum absolute atomic E-state index is 0.270. The van der Waals surface area contributed by atoms with Crippen LogP contribution in [0.25, 0.3) is 0 Å². The van der Waals surface area contributed by atoms with Crippen molar-refractivity contribution in [2.75, 3.05) is 13.1 Å². The van der Waals surface area contributed by atoms with Gasteiger partial charge in [0, 0.05) is 13.1 Å². The van der Waals surface area contributed by atoms with Crippen LogP contribution in [-0.4, -0.2) is 30.8 Å². The summed E-state index contributed by atoms with van der Waals surface area (Å²) >= 11 is 6.78. The van der Waals surface area contributed by atoms with E-state index in [4.69, 9.17) is 11.6 Å². The number of hydrogen-bond acceptors (Lipinski definition) is 4. The molecule has 0 bridgehead atoms. The second-order valence-electron chi connectivity index (χ2n) is 5.39. The van der Waals surface area contributed by atoms with Gasteiger partial charge in [0.15, 0.2) is 8.68 Å². The molecule has 1 aliphatic carbocycles. The molecule has 1 aromatic rings. The van der Waals surface area contributed by atoms with E-state index in [-0.39, 0.29) is 8.68 Å². The highest BCUT2D eigenvalue weighted by Gasteiger charge is 2.37. The predicted octanol–water partition coefficient (Wildman–Crippen LogP) is 3.00. The maximum Gasteiger partial charge on any atom is 0.254 e. The van der Waals surface area contributed by atoms with Crippen LogP contribution < -0.4 is 0 Å². The number of piperidine rings is 1. The predicted molar refractivity (Wildman–Crippen MR) is 75.9 cm³/mol. The highest BCUT2D eigenvalue weighted by Crippen LogP contribution is 2.38. The van der Waals surface area contributed by atoms with Gasteiger partial charge in [-0.3, -0.25) is 0 Å². The zero-order valence-corrected chi connectivity index (χ0v) is 13.0. The first-order valence-electron chi connectivity index (χ1n) is 6.69. The normalized spacial score (nSPS) is 29.1. The Balaban J connectivity index is 1.79. The minimum atomic E-state index is -3.39. The van der Waals surface area contributed by atoms with Gasteiger partial charge >= 0.3 is 0 Å². The molecule has 2 unspecified atom stereocenters. The molecule has 3 rings (SSSR count). The number of thiazole rings is 1. The van der Waals surface area contributed by atoms with Gasteiger partial charge in [0.2, 0.25) is 0 Å². The van der Waals surface area contributed by atoms with Crippen molar-refractivity contribution in [1.82, 2.24) is 9.29 Å². The zero-order chi connectivity index (χ0) is 13.5. The van der Waals surface area contributed by atoms with E-state index in [1.54, 1.807) is 4.31 Å². The molecule has 0 amide bonds. The van der Waals surface area contributed by atoms with Crippen LogP contribution in [0.4, 0.5) is 0 Å². The molecule has 0 aromatic carbocycles. The minimum Gasteiger partial charge on any atom is -0.232 e. The average molecular weight is 321 g/mol. The second kappa shape index (κ2) is 5.31. The van der Waals surface area contributed by atoms with Crippen molar-refractivity contribution in [2.24, 2.45) is 11.8 Å². The average Bonchev–Trinajstić information content (AvgIpc) is 2.85. The smallest absolute Gasteiger partial charge is 0.232 e. The Morgan fingerprint density at radius 1 is 1.26 bits per heavy atom. The summed E-state index contributed by atoms with van der Waals surface area (Å²) in [6, 6.07) is 0. The van der Waals surface area contributed by atoms with Gasteiger partial charge in [-0.2, -0.15) is 4.31 Å². The number of hydrogen-bond donors (Lipinski definition) is 0. The molecule has 7 heteroatoms. The van der Waals surface area contributed by atoms with Crippen molar-refractivity contribution in [3.05, 3.63) is 10.7 Å². The molecule has 0 N–H and O–H groups in total. The molecule has 106 valence electrons. The third-order valence-electron chi connectivity index (χ3n) is 4.30. The molecule has 2 aliphatic rings. The molecule has 1 saturated carbocycles. The number of aromatic nitrogens is 1. The van der Waals surface area contributed by atoms with Gasteiger partial charge in [0.25, 0.3) is 10.0 Å². The van der Waals surface area contributed by atoms with Crippen LogP contribution in [0, 0.1) is 11.8 Å². The fourth-order valence-corrected chi connectivity index (χ4v) is 6.23. The highest BCUT2D eigenvalue weighted by molar-refractivity contribution is 7.91. The summed E-state index contributed by atoms with van der Waals surface area (Å²) < 4.78 is 27.2. The number of halogens is 1. The molecule has 19 heavy (non-hydrogen) atoms. The van der Waals surface area contributed by atoms with Gasteiger partial charge in [-0.05, 0) is 24.7 Å². The summed E-state index contributed by atoms with van der Waals surface area (Å²) in [6.45, 7) is 1.31. The molecule has 4 nitrogen and oxygen atoms in total. The molecule has 1 saturated heterocycles. The number of sulfonamides is 1. The summed E-state index contributed by atoms with van der Waals surface area (Å²) in [5, 5.41) is 0. The summed E-state index contributed by atoms with van der Waals surface area (Å²) in [7, 11) is -3.39. The van der Waals surface area contributed by atoms with E-state index in [0.717, 1.165) is 23.7 Å². The van der Waals surface area contributed by atoms with E-state index < -0.39 is 10.0 Å². The standard InChI is InChI=1S/C12H17ClN2O2S2/c13-12-14-7-11(18-12)19(16,17)15-6-5-9-3-1-2-4-10(9)8-15/h7,9-10H,1-6,8H2. The van der Waals surface area contributed by atoms with Crippen molar-refractivity contribution in [2.45, 2.75) is 36.3 Å². The van der Waals surface area contributed by atoms with E-state index in [1.807, 2.05) is 0 Å². The fraction of sp³-hybridized carbons (Fsp3) is 0.750. The van der Waals surface area contributed by atoms with E-state index in [0.29, 0.717) is 19.0 Å². The Hall–Kier alpha value is -0.170. The molecule has 1 aliphatic heterocycles. The highest BCUT2D eigenvalue weighted by atomic mass is 35.5. The lowest BCUT2D eigenvalue weighted by Crippen LogP contribution is -2.44. The third-order valence-corrected chi connectivity index (χ3v) is 7.72. The van der Waals surface area contributed by atoms with E-state index in [2.05, 4.69) is 4.98 Å². The molecular formula is C12H17ClN2O2S2. The zero-order valence-electron chi connectivity index (χ0n) is 10.6. The largest absolute Gasteiger partial charge is 0.254 e. The van der Waals surface area contributed by atoms with Gasteiger partial charge in [-0.15, -0.1) is 0 Å². The Morgan fingerprint density at radius 3 is 2.68 bits per heavy atom. The molecule has 0 radical (unpaired) electrons. The second-order valence-corrected chi connectivity index (χ2v) is 9.17. The first kappa shape index (κ1) is 13.8. The molecule has 0 spiro atoms. The lowest BCUT2D eigenvalue weighted by atomic mass is 9.76. The Morgan fingerprint density at radius 2 is 2.00 bits per heavy atom. The summed E-state index contributed by atoms with van der Waals surface area (Å²) in [5.41, 5.74) is 0. The first-order chi connectivity index (χ1) is 9.07. The van der Waals surface area contributed by atoms with Gasteiger partial charge in [-0.1, -0.05) is 42.2 Å². The van der Waals surface area contributed by atoms with Crippen LogP contribution in [0.2, 0.25) is 4.47 Å². The maximum atomic E-state index is 12.5. The van der Waals surface area contributed by atoms with E-state index >= 15 is 0 Å².